The number of nitrogens with zero attached hydrogens (tertiary/aromatic N) is 2. The van der Waals surface area contributed by atoms with Crippen LogP contribution in [-0.4, -0.2) is 46.7 Å². The molecule has 31 heavy (non-hydrogen) atoms. The van der Waals surface area contributed by atoms with Gasteiger partial charge in [0.1, 0.15) is 6.54 Å². The molecule has 2 aromatic carbocycles. The normalized spacial score (nSPS) is 14.3. The van der Waals surface area contributed by atoms with E-state index in [1.165, 1.54) is 13.0 Å². The van der Waals surface area contributed by atoms with E-state index in [1.807, 2.05) is 51.1 Å². The fraction of sp³-hybridized carbons (Fsp3) is 0.333. The van der Waals surface area contributed by atoms with Crippen molar-refractivity contribution in [2.75, 3.05) is 11.4 Å². The zero-order chi connectivity index (χ0) is 22.8. The summed E-state index contributed by atoms with van der Waals surface area (Å²) in [5, 5.41) is 0. The third-order valence-electron chi connectivity index (χ3n) is 5.08. The van der Waals surface area contributed by atoms with Gasteiger partial charge in [0.15, 0.2) is 6.10 Å². The van der Waals surface area contributed by atoms with Crippen molar-refractivity contribution >= 4 is 29.3 Å². The molecule has 162 valence electrons. The molecule has 0 fully saturated rings. The van der Waals surface area contributed by atoms with Gasteiger partial charge in [-0.15, -0.1) is 0 Å². The van der Waals surface area contributed by atoms with Crippen LogP contribution in [0.15, 0.2) is 54.6 Å². The minimum Gasteiger partial charge on any atom is -0.451 e. The molecule has 0 N–H and O–H groups in total. The molecule has 1 aliphatic heterocycles. The molecule has 1 atom stereocenters. The van der Waals surface area contributed by atoms with Crippen molar-refractivity contribution in [2.45, 2.75) is 45.9 Å². The van der Waals surface area contributed by atoms with Gasteiger partial charge in [-0.2, -0.15) is 0 Å². The summed E-state index contributed by atoms with van der Waals surface area (Å²) < 4.78 is 5.35. The van der Waals surface area contributed by atoms with E-state index in [0.717, 1.165) is 10.5 Å². The zero-order valence-corrected chi connectivity index (χ0v) is 18.1. The number of anilines is 1. The lowest BCUT2D eigenvalue weighted by Crippen LogP contribution is -2.50. The second kappa shape index (κ2) is 8.71. The third kappa shape index (κ3) is 4.82. The highest BCUT2D eigenvalue weighted by molar-refractivity contribution is 6.52. The number of benzene rings is 2. The van der Waals surface area contributed by atoms with Gasteiger partial charge in [0.2, 0.25) is 0 Å². The number of para-hydroxylation sites is 1. The van der Waals surface area contributed by atoms with Crippen LogP contribution in [0.3, 0.4) is 0 Å². The second-order valence-electron chi connectivity index (χ2n) is 8.45. The molecule has 2 amide bonds. The predicted octanol–water partition coefficient (Wildman–Crippen LogP) is 2.97. The molecule has 3 rings (SSSR count). The predicted molar refractivity (Wildman–Crippen MR) is 115 cm³/mol. The van der Waals surface area contributed by atoms with Gasteiger partial charge in [0, 0.05) is 12.1 Å². The molecular weight excluding hydrogens is 396 g/mol. The molecule has 1 aliphatic rings. The molecule has 2 aromatic rings. The maximum absolute atomic E-state index is 13.1. The second-order valence-corrected chi connectivity index (χ2v) is 8.45. The Hall–Kier alpha value is -3.48. The van der Waals surface area contributed by atoms with Gasteiger partial charge in [-0.25, -0.2) is 0 Å². The number of hydrogen-bond acceptors (Lipinski definition) is 5. The Morgan fingerprint density at radius 1 is 1.00 bits per heavy atom. The van der Waals surface area contributed by atoms with Gasteiger partial charge in [-0.05, 0) is 45.4 Å². The summed E-state index contributed by atoms with van der Waals surface area (Å²) in [4.78, 5) is 52.7. The minimum atomic E-state index is -1.04. The van der Waals surface area contributed by atoms with Crippen LogP contribution in [0.4, 0.5) is 5.69 Å². The number of ether oxygens (including phenoxy) is 1. The fourth-order valence-corrected chi connectivity index (χ4v) is 3.45. The van der Waals surface area contributed by atoms with E-state index in [1.54, 1.807) is 23.1 Å². The van der Waals surface area contributed by atoms with E-state index >= 15 is 0 Å². The van der Waals surface area contributed by atoms with Gasteiger partial charge < -0.3 is 9.64 Å². The highest BCUT2D eigenvalue weighted by atomic mass is 16.5. The Balaban J connectivity index is 1.69. The minimum absolute atomic E-state index is 0.256. The van der Waals surface area contributed by atoms with Gasteiger partial charge in [0.25, 0.3) is 17.6 Å². The summed E-state index contributed by atoms with van der Waals surface area (Å²) in [6.07, 6.45) is -1.04. The number of ketones is 1. The molecule has 0 spiro atoms. The third-order valence-corrected chi connectivity index (χ3v) is 5.08. The molecule has 0 saturated carbocycles. The summed E-state index contributed by atoms with van der Waals surface area (Å²) in [7, 11) is 0. The van der Waals surface area contributed by atoms with Crippen LogP contribution in [0.1, 0.15) is 43.6 Å². The highest BCUT2D eigenvalue weighted by Crippen LogP contribution is 2.28. The quantitative estimate of drug-likeness (QED) is 0.528. The van der Waals surface area contributed by atoms with Crippen LogP contribution < -0.4 is 4.90 Å². The van der Waals surface area contributed by atoms with E-state index in [9.17, 15) is 19.2 Å². The van der Waals surface area contributed by atoms with E-state index < -0.39 is 35.8 Å². The van der Waals surface area contributed by atoms with Gasteiger partial charge >= 0.3 is 5.97 Å². The Morgan fingerprint density at radius 2 is 1.61 bits per heavy atom. The number of Topliss-reactive ketones (excluding diaryl/α,β-unsaturated/α-hetero) is 1. The molecular formula is C24H26N2O5. The topological polar surface area (TPSA) is 84.0 Å². The highest BCUT2D eigenvalue weighted by Gasteiger charge is 2.38. The average molecular weight is 422 g/mol. The van der Waals surface area contributed by atoms with Gasteiger partial charge in [0.05, 0.1) is 11.3 Å². The summed E-state index contributed by atoms with van der Waals surface area (Å²) in [6, 6.07) is 16.0. The van der Waals surface area contributed by atoms with Crippen molar-refractivity contribution < 1.29 is 23.9 Å². The number of fused-ring (bicyclic) bond motifs is 1. The Bertz CT molecular complexity index is 1010. The Kier molecular flexibility index (Phi) is 6.24. The first-order valence-electron chi connectivity index (χ1n) is 10.1. The van der Waals surface area contributed by atoms with Crippen molar-refractivity contribution in [1.29, 1.82) is 0 Å². The first-order chi connectivity index (χ1) is 14.6. The smallest absolute Gasteiger partial charge is 0.326 e. The van der Waals surface area contributed by atoms with Crippen molar-refractivity contribution in [3.05, 3.63) is 65.7 Å². The molecule has 0 saturated heterocycles. The van der Waals surface area contributed by atoms with Crippen LogP contribution in [0.5, 0.6) is 0 Å². The lowest BCUT2D eigenvalue weighted by molar-refractivity contribution is -0.161. The number of carbonyl (C=O) groups is 4. The summed E-state index contributed by atoms with van der Waals surface area (Å²) in [5.74, 6) is -2.53. The van der Waals surface area contributed by atoms with Crippen LogP contribution >= 0.6 is 0 Å². The average Bonchev–Trinajstić information content (AvgIpc) is 2.96. The molecule has 7 heteroatoms. The van der Waals surface area contributed by atoms with Gasteiger partial charge in [-0.1, -0.05) is 42.5 Å². The standard InChI is InChI=1S/C24H26N2O5/c1-16(22(29)26(24(2,3)4)14-17-10-6-5-7-11-17)31-20(27)15-25-19-13-9-8-12-18(19)21(28)23(25)30/h5-13,16H,14-15H2,1-4H3/t16-/m1/s1. The fourth-order valence-electron chi connectivity index (χ4n) is 3.45. The molecule has 0 aromatic heterocycles. The summed E-state index contributed by atoms with van der Waals surface area (Å²) in [6.45, 7) is 7.18. The van der Waals surface area contributed by atoms with Crippen LogP contribution in [0.25, 0.3) is 0 Å². The molecule has 0 unspecified atom stereocenters. The van der Waals surface area contributed by atoms with Crippen LogP contribution in [-0.2, 0) is 25.7 Å². The van der Waals surface area contributed by atoms with Crippen molar-refractivity contribution in [3.63, 3.8) is 0 Å². The largest absolute Gasteiger partial charge is 0.451 e. The number of esters is 1. The summed E-state index contributed by atoms with van der Waals surface area (Å²) in [5.41, 5.74) is 1.09. The molecule has 7 nitrogen and oxygen atoms in total. The van der Waals surface area contributed by atoms with Crippen LogP contribution in [0, 0.1) is 0 Å². The Labute approximate surface area is 181 Å². The number of hydrogen-bond donors (Lipinski definition) is 0. The van der Waals surface area contributed by atoms with Gasteiger partial charge in [-0.3, -0.25) is 24.1 Å². The monoisotopic (exact) mass is 422 g/mol. The van der Waals surface area contributed by atoms with Crippen molar-refractivity contribution in [2.24, 2.45) is 0 Å². The van der Waals surface area contributed by atoms with E-state index in [4.69, 9.17) is 4.74 Å². The van der Waals surface area contributed by atoms with Crippen LogP contribution in [0.2, 0.25) is 0 Å². The Morgan fingerprint density at radius 3 is 2.26 bits per heavy atom. The van der Waals surface area contributed by atoms with Crippen molar-refractivity contribution in [3.8, 4) is 0 Å². The zero-order valence-electron chi connectivity index (χ0n) is 18.1. The number of rotatable bonds is 6. The maximum Gasteiger partial charge on any atom is 0.326 e. The molecule has 0 aliphatic carbocycles. The lowest BCUT2D eigenvalue weighted by Gasteiger charge is -2.37. The molecule has 0 radical (unpaired) electrons. The van der Waals surface area contributed by atoms with E-state index in [2.05, 4.69) is 0 Å². The first-order valence-corrected chi connectivity index (χ1v) is 10.1. The summed E-state index contributed by atoms with van der Waals surface area (Å²) >= 11 is 0. The maximum atomic E-state index is 13.1. The van der Waals surface area contributed by atoms with E-state index in [0.29, 0.717) is 12.2 Å². The van der Waals surface area contributed by atoms with Crippen molar-refractivity contribution in [1.82, 2.24) is 4.90 Å². The first kappa shape index (κ1) is 22.2. The number of amides is 2. The number of carbonyl (C=O) groups excluding carboxylic acids is 4. The molecule has 0 bridgehead atoms. The SMILES string of the molecule is C[C@@H](OC(=O)CN1C(=O)C(=O)c2ccccc21)C(=O)N(Cc1ccccc1)C(C)(C)C. The molecule has 1 heterocycles. The lowest BCUT2D eigenvalue weighted by atomic mass is 10.0. The van der Waals surface area contributed by atoms with E-state index in [-0.39, 0.29) is 11.5 Å².